The number of halogens is 4. The van der Waals surface area contributed by atoms with E-state index in [2.05, 4.69) is 31.4 Å². The van der Waals surface area contributed by atoms with Crippen LogP contribution in [0.3, 0.4) is 0 Å². The van der Waals surface area contributed by atoms with Crippen LogP contribution in [0.2, 0.25) is 0 Å². The van der Waals surface area contributed by atoms with Crippen molar-refractivity contribution in [2.45, 2.75) is 50.7 Å². The summed E-state index contributed by atoms with van der Waals surface area (Å²) in [4.78, 5) is 30.7. The van der Waals surface area contributed by atoms with Gasteiger partial charge in [0.05, 0.1) is 12.1 Å². The first-order valence-electron chi connectivity index (χ1n) is 13.0. The lowest BCUT2D eigenvalue weighted by atomic mass is 9.84. The van der Waals surface area contributed by atoms with E-state index in [9.17, 15) is 22.8 Å². The zero-order chi connectivity index (χ0) is 29.6. The Kier molecular flexibility index (Phi) is 9.53. The van der Waals surface area contributed by atoms with Gasteiger partial charge in [0.15, 0.2) is 0 Å². The maximum Gasteiger partial charge on any atom is 0.416 e. The number of carbonyl (C=O) groups is 2. The van der Waals surface area contributed by atoms with E-state index in [-0.39, 0.29) is 28.2 Å². The Labute approximate surface area is 243 Å². The van der Waals surface area contributed by atoms with Crippen LogP contribution in [0.15, 0.2) is 81.3 Å². The largest absolute Gasteiger partial charge is 0.416 e. The number of benzene rings is 3. The SMILES string of the molecule is NC(N=[NH2+])=NC(=O)c1ccc(CN(C(=O)Nc2cc(Br)cc(C(F)(F)F)c2)c2ccc(C3CCCCC3)cc2)cc1. The zero-order valence-electron chi connectivity index (χ0n) is 22.0. The highest BCUT2D eigenvalue weighted by Crippen LogP contribution is 2.35. The number of amides is 3. The van der Waals surface area contributed by atoms with E-state index in [1.807, 2.05) is 24.3 Å². The number of guanidine groups is 1. The molecule has 3 amide bonds. The van der Waals surface area contributed by atoms with E-state index in [1.54, 1.807) is 12.1 Å². The minimum absolute atomic E-state index is 0.0118. The molecule has 214 valence electrons. The Hall–Kier alpha value is -4.06. The van der Waals surface area contributed by atoms with Crippen LogP contribution in [-0.4, -0.2) is 17.9 Å². The molecule has 1 aliphatic rings. The average Bonchev–Trinajstić information content (AvgIpc) is 2.96. The summed E-state index contributed by atoms with van der Waals surface area (Å²) < 4.78 is 40.3. The van der Waals surface area contributed by atoms with E-state index in [4.69, 9.17) is 11.3 Å². The van der Waals surface area contributed by atoms with Crippen LogP contribution in [0.25, 0.3) is 0 Å². The first-order chi connectivity index (χ1) is 19.5. The number of urea groups is 1. The highest BCUT2D eigenvalue weighted by molar-refractivity contribution is 9.10. The van der Waals surface area contributed by atoms with Gasteiger partial charge < -0.3 is 11.1 Å². The molecule has 1 fully saturated rings. The molecule has 3 aromatic rings. The Morgan fingerprint density at radius 2 is 1.66 bits per heavy atom. The third-order valence-electron chi connectivity index (χ3n) is 6.89. The van der Waals surface area contributed by atoms with E-state index in [0.717, 1.165) is 25.0 Å². The molecule has 0 unspecified atom stereocenters. The summed E-state index contributed by atoms with van der Waals surface area (Å²) >= 11 is 3.09. The van der Waals surface area contributed by atoms with Gasteiger partial charge in [0.1, 0.15) is 0 Å². The monoisotopic (exact) mass is 629 g/mol. The summed E-state index contributed by atoms with van der Waals surface area (Å²) in [6.07, 6.45) is 1.27. The van der Waals surface area contributed by atoms with Crippen molar-refractivity contribution in [2.24, 2.45) is 15.8 Å². The van der Waals surface area contributed by atoms with Gasteiger partial charge in [-0.05, 0) is 72.4 Å². The van der Waals surface area contributed by atoms with Crippen molar-refractivity contribution in [2.75, 3.05) is 10.2 Å². The topological polar surface area (TPSA) is 126 Å². The summed E-state index contributed by atoms with van der Waals surface area (Å²) in [5.41, 5.74) is 12.2. The van der Waals surface area contributed by atoms with Gasteiger partial charge in [-0.2, -0.15) is 18.2 Å². The normalized spacial score (nSPS) is 14.4. The summed E-state index contributed by atoms with van der Waals surface area (Å²) in [7, 11) is 0. The van der Waals surface area contributed by atoms with Crippen LogP contribution in [-0.2, 0) is 12.7 Å². The lowest BCUT2D eigenvalue weighted by Crippen LogP contribution is -2.34. The molecule has 0 atom stereocenters. The summed E-state index contributed by atoms with van der Waals surface area (Å²) in [6, 6.07) is 16.6. The molecule has 1 saturated carbocycles. The zero-order valence-corrected chi connectivity index (χ0v) is 23.6. The van der Waals surface area contributed by atoms with Gasteiger partial charge in [-0.25, -0.2) is 4.79 Å². The molecule has 5 N–H and O–H groups in total. The number of nitrogens with two attached hydrogens (primary N) is 2. The number of nitrogens with zero attached hydrogens (tertiary/aromatic N) is 3. The Bertz CT molecular complexity index is 1440. The molecule has 3 aromatic carbocycles. The Morgan fingerprint density at radius 3 is 2.27 bits per heavy atom. The van der Waals surface area contributed by atoms with Crippen LogP contribution in [0.1, 0.15) is 65.1 Å². The highest BCUT2D eigenvalue weighted by atomic mass is 79.9. The second-order valence-electron chi connectivity index (χ2n) is 9.77. The lowest BCUT2D eigenvalue weighted by Gasteiger charge is -2.26. The van der Waals surface area contributed by atoms with Gasteiger partial charge >= 0.3 is 12.2 Å². The van der Waals surface area contributed by atoms with Crippen molar-refractivity contribution in [3.63, 3.8) is 0 Å². The molecule has 12 heteroatoms. The van der Waals surface area contributed by atoms with Crippen LogP contribution >= 0.6 is 15.9 Å². The molecule has 0 radical (unpaired) electrons. The third kappa shape index (κ3) is 8.00. The molecule has 0 aromatic heterocycles. The van der Waals surface area contributed by atoms with E-state index in [1.165, 1.54) is 47.9 Å². The molecular formula is C29H29BrF3N6O2+. The summed E-state index contributed by atoms with van der Waals surface area (Å²) in [5.74, 6) is -0.525. The van der Waals surface area contributed by atoms with E-state index < -0.39 is 23.7 Å². The van der Waals surface area contributed by atoms with Gasteiger partial charge in [0.2, 0.25) is 0 Å². The van der Waals surface area contributed by atoms with Crippen molar-refractivity contribution in [3.05, 3.63) is 93.5 Å². The molecule has 0 bridgehead atoms. The van der Waals surface area contributed by atoms with Crippen LogP contribution in [0.4, 0.5) is 29.3 Å². The molecule has 0 aliphatic heterocycles. The predicted molar refractivity (Wildman–Crippen MR) is 153 cm³/mol. The first-order valence-corrected chi connectivity index (χ1v) is 13.8. The van der Waals surface area contributed by atoms with Crippen molar-refractivity contribution >= 4 is 45.2 Å². The van der Waals surface area contributed by atoms with Crippen LogP contribution < -0.4 is 21.5 Å². The van der Waals surface area contributed by atoms with Gasteiger partial charge in [-0.1, -0.05) is 59.5 Å². The second-order valence-corrected chi connectivity index (χ2v) is 10.7. The molecular weight excluding hydrogens is 601 g/mol. The number of aliphatic imine (C=N–C) groups is 1. The number of anilines is 2. The quantitative estimate of drug-likeness (QED) is 0.165. The third-order valence-corrected chi connectivity index (χ3v) is 7.35. The number of hydrogen-bond donors (Lipinski definition) is 3. The van der Waals surface area contributed by atoms with Crippen LogP contribution in [0, 0.1) is 0 Å². The minimum Gasteiger partial charge on any atom is -0.363 e. The van der Waals surface area contributed by atoms with Gasteiger partial charge in [-0.15, -0.1) is 5.53 Å². The van der Waals surface area contributed by atoms with Crippen molar-refractivity contribution in [3.8, 4) is 0 Å². The molecule has 0 heterocycles. The fraction of sp³-hybridized carbons (Fsp3) is 0.276. The molecule has 8 nitrogen and oxygen atoms in total. The van der Waals surface area contributed by atoms with Crippen LogP contribution in [0.5, 0.6) is 0 Å². The molecule has 1 aliphatic carbocycles. The minimum atomic E-state index is -4.58. The number of rotatable bonds is 6. The van der Waals surface area contributed by atoms with Gasteiger partial charge in [0.25, 0.3) is 11.9 Å². The van der Waals surface area contributed by atoms with E-state index in [0.29, 0.717) is 17.2 Å². The van der Waals surface area contributed by atoms with Gasteiger partial charge in [0, 0.05) is 26.5 Å². The molecule has 41 heavy (non-hydrogen) atoms. The molecule has 0 spiro atoms. The number of carbonyl (C=O) groups excluding carboxylic acids is 2. The first kappa shape index (κ1) is 29.9. The lowest BCUT2D eigenvalue weighted by molar-refractivity contribution is -0.207. The predicted octanol–water partition coefficient (Wildman–Crippen LogP) is 6.42. The smallest absolute Gasteiger partial charge is 0.363 e. The molecule has 4 rings (SSSR count). The van der Waals surface area contributed by atoms with Crippen molar-refractivity contribution < 1.29 is 28.3 Å². The van der Waals surface area contributed by atoms with Crippen molar-refractivity contribution in [1.82, 2.24) is 0 Å². The Morgan fingerprint density at radius 1 is 1.00 bits per heavy atom. The maximum atomic E-state index is 13.5. The maximum absolute atomic E-state index is 13.5. The Balaban J connectivity index is 1.61. The van der Waals surface area contributed by atoms with E-state index >= 15 is 0 Å². The molecule has 0 saturated heterocycles. The van der Waals surface area contributed by atoms with Gasteiger partial charge in [-0.3, -0.25) is 9.69 Å². The fourth-order valence-corrected chi connectivity index (χ4v) is 5.29. The summed E-state index contributed by atoms with van der Waals surface area (Å²) in [6.45, 7) is 0.0761. The number of alkyl halides is 3. The second kappa shape index (κ2) is 13.1. The van der Waals surface area contributed by atoms with Crippen molar-refractivity contribution in [1.29, 1.82) is 0 Å². The standard InChI is InChI=1S/C29H28BrF3N6O2/c30-23-14-22(29(31,32)33)15-24(16-23)36-28(41)39(25-12-10-20(11-13-25)19-4-2-1-3-5-19)17-18-6-8-21(9-7-18)26(40)37-27(34)38-35/h6-16,19,35H,1-5,17H2,(H,36,41)(H2,34,37,40)/p+1. The number of nitrogens with one attached hydrogen (secondary N) is 1. The average molecular weight is 630 g/mol. The summed E-state index contributed by atoms with van der Waals surface area (Å²) in [5, 5.41) is 5.75. The number of hydrogen-bond acceptors (Lipinski definition) is 2. The highest BCUT2D eigenvalue weighted by Gasteiger charge is 2.31. The fourth-order valence-electron chi connectivity index (χ4n) is 4.79.